The zero-order valence-electron chi connectivity index (χ0n) is 10.1. The number of aromatic nitrogens is 1. The summed E-state index contributed by atoms with van der Waals surface area (Å²) in [6.07, 6.45) is 1.45. The lowest BCUT2D eigenvalue weighted by atomic mass is 9.96. The lowest BCUT2D eigenvalue weighted by Gasteiger charge is -2.09. The number of fused-ring (bicyclic) bond motifs is 1. The first-order chi connectivity index (χ1) is 8.79. The Hall–Kier alpha value is -2.13. The van der Waals surface area contributed by atoms with E-state index in [-0.39, 0.29) is 6.61 Å². The largest absolute Gasteiger partial charge is 0.443 e. The predicted octanol–water partition coefficient (Wildman–Crippen LogP) is 3.30. The number of oxazole rings is 1. The maximum Gasteiger partial charge on any atom is 0.181 e. The van der Waals surface area contributed by atoms with Crippen LogP contribution in [0.15, 0.2) is 47.2 Å². The Kier molecular flexibility index (Phi) is 2.61. The van der Waals surface area contributed by atoms with Gasteiger partial charge in [0, 0.05) is 0 Å². The number of aliphatic hydroxyl groups is 1. The van der Waals surface area contributed by atoms with E-state index in [0.29, 0.717) is 0 Å². The topological polar surface area (TPSA) is 46.3 Å². The molecule has 1 aromatic heterocycles. The molecule has 0 aliphatic rings. The number of hydrogen-bond acceptors (Lipinski definition) is 3. The highest BCUT2D eigenvalue weighted by molar-refractivity contribution is 5.81. The second kappa shape index (κ2) is 4.27. The summed E-state index contributed by atoms with van der Waals surface area (Å²) in [5.41, 5.74) is 5.89. The van der Waals surface area contributed by atoms with E-state index in [0.717, 1.165) is 33.4 Å². The highest BCUT2D eigenvalue weighted by atomic mass is 16.3. The van der Waals surface area contributed by atoms with Crippen LogP contribution in [0.4, 0.5) is 0 Å². The van der Waals surface area contributed by atoms with Crippen molar-refractivity contribution in [3.63, 3.8) is 0 Å². The minimum absolute atomic E-state index is 0.0614. The molecule has 1 heterocycles. The van der Waals surface area contributed by atoms with Crippen molar-refractivity contribution in [1.82, 2.24) is 4.98 Å². The summed E-state index contributed by atoms with van der Waals surface area (Å²) < 4.78 is 5.23. The molecule has 2 aromatic carbocycles. The molecule has 18 heavy (non-hydrogen) atoms. The quantitative estimate of drug-likeness (QED) is 0.746. The van der Waals surface area contributed by atoms with Gasteiger partial charge in [-0.15, -0.1) is 0 Å². The minimum Gasteiger partial charge on any atom is -0.443 e. The molecule has 0 unspecified atom stereocenters. The SMILES string of the molecule is Cc1c(CO)cccc1-c1ccc2ocnc2c1. The van der Waals surface area contributed by atoms with Gasteiger partial charge >= 0.3 is 0 Å². The summed E-state index contributed by atoms with van der Waals surface area (Å²) in [6, 6.07) is 11.9. The second-order valence-electron chi connectivity index (χ2n) is 4.28. The maximum absolute atomic E-state index is 9.30. The third kappa shape index (κ3) is 1.69. The standard InChI is InChI=1S/C15H13NO2/c1-10-12(8-17)3-2-4-13(10)11-5-6-15-14(7-11)16-9-18-15/h2-7,9,17H,8H2,1H3. The van der Waals surface area contributed by atoms with Crippen molar-refractivity contribution in [2.24, 2.45) is 0 Å². The molecule has 0 fully saturated rings. The fourth-order valence-electron chi connectivity index (χ4n) is 2.19. The molecule has 3 nitrogen and oxygen atoms in total. The third-order valence-electron chi connectivity index (χ3n) is 3.26. The number of benzene rings is 2. The molecule has 3 heteroatoms. The van der Waals surface area contributed by atoms with Gasteiger partial charge < -0.3 is 9.52 Å². The summed E-state index contributed by atoms with van der Waals surface area (Å²) in [5.74, 6) is 0. The number of nitrogens with zero attached hydrogens (tertiary/aromatic N) is 1. The highest BCUT2D eigenvalue weighted by Gasteiger charge is 2.07. The molecule has 0 aliphatic heterocycles. The molecule has 0 spiro atoms. The van der Waals surface area contributed by atoms with E-state index in [4.69, 9.17) is 4.42 Å². The van der Waals surface area contributed by atoms with Crippen LogP contribution in [0.2, 0.25) is 0 Å². The zero-order chi connectivity index (χ0) is 12.5. The molecule has 0 saturated carbocycles. The van der Waals surface area contributed by atoms with Crippen molar-refractivity contribution in [2.75, 3.05) is 0 Å². The lowest BCUT2D eigenvalue weighted by molar-refractivity contribution is 0.281. The van der Waals surface area contributed by atoms with Crippen molar-refractivity contribution >= 4 is 11.1 Å². The smallest absolute Gasteiger partial charge is 0.181 e. The Morgan fingerprint density at radius 1 is 1.22 bits per heavy atom. The van der Waals surface area contributed by atoms with Crippen molar-refractivity contribution < 1.29 is 9.52 Å². The van der Waals surface area contributed by atoms with Crippen LogP contribution in [0.1, 0.15) is 11.1 Å². The Morgan fingerprint density at radius 3 is 2.94 bits per heavy atom. The van der Waals surface area contributed by atoms with Gasteiger partial charge in [-0.25, -0.2) is 4.98 Å². The predicted molar refractivity (Wildman–Crippen MR) is 70.1 cm³/mol. The molecular formula is C15H13NO2. The summed E-state index contributed by atoms with van der Waals surface area (Å²) >= 11 is 0. The first-order valence-corrected chi connectivity index (χ1v) is 5.82. The Bertz CT molecular complexity index is 701. The second-order valence-corrected chi connectivity index (χ2v) is 4.28. The normalized spacial score (nSPS) is 11.0. The van der Waals surface area contributed by atoms with Gasteiger partial charge in [-0.05, 0) is 41.3 Å². The van der Waals surface area contributed by atoms with Crippen LogP contribution in [-0.4, -0.2) is 10.1 Å². The van der Waals surface area contributed by atoms with Crippen LogP contribution < -0.4 is 0 Å². The van der Waals surface area contributed by atoms with Crippen LogP contribution in [0.25, 0.3) is 22.2 Å². The van der Waals surface area contributed by atoms with Crippen molar-refractivity contribution in [3.05, 3.63) is 53.9 Å². The van der Waals surface area contributed by atoms with Crippen LogP contribution in [0, 0.1) is 6.92 Å². The summed E-state index contributed by atoms with van der Waals surface area (Å²) in [5, 5.41) is 9.30. The summed E-state index contributed by atoms with van der Waals surface area (Å²) in [4.78, 5) is 4.16. The molecule has 3 aromatic rings. The molecule has 3 rings (SSSR count). The van der Waals surface area contributed by atoms with E-state index in [1.165, 1.54) is 6.39 Å². The molecule has 0 radical (unpaired) electrons. The Morgan fingerprint density at radius 2 is 2.11 bits per heavy atom. The van der Waals surface area contributed by atoms with Gasteiger partial charge in [-0.3, -0.25) is 0 Å². The van der Waals surface area contributed by atoms with Crippen molar-refractivity contribution in [2.45, 2.75) is 13.5 Å². The molecule has 0 aliphatic carbocycles. The maximum atomic E-state index is 9.30. The van der Waals surface area contributed by atoms with Gasteiger partial charge in [0.2, 0.25) is 0 Å². The van der Waals surface area contributed by atoms with Gasteiger partial charge in [0.25, 0.3) is 0 Å². The average Bonchev–Trinajstić information content (AvgIpc) is 2.86. The van der Waals surface area contributed by atoms with Gasteiger partial charge in [0.05, 0.1) is 6.61 Å². The van der Waals surface area contributed by atoms with E-state index in [1.807, 2.05) is 37.3 Å². The molecule has 90 valence electrons. The van der Waals surface area contributed by atoms with Crippen LogP contribution in [0.5, 0.6) is 0 Å². The van der Waals surface area contributed by atoms with E-state index in [9.17, 15) is 5.11 Å². The van der Waals surface area contributed by atoms with Crippen molar-refractivity contribution in [1.29, 1.82) is 0 Å². The van der Waals surface area contributed by atoms with E-state index in [2.05, 4.69) is 11.1 Å². The molecule has 0 amide bonds. The van der Waals surface area contributed by atoms with Crippen LogP contribution in [-0.2, 0) is 6.61 Å². The monoisotopic (exact) mass is 239 g/mol. The summed E-state index contributed by atoms with van der Waals surface area (Å²) in [7, 11) is 0. The van der Waals surface area contributed by atoms with Gasteiger partial charge in [0.1, 0.15) is 5.52 Å². The van der Waals surface area contributed by atoms with E-state index < -0.39 is 0 Å². The van der Waals surface area contributed by atoms with Gasteiger partial charge in [-0.1, -0.05) is 24.3 Å². The third-order valence-corrected chi connectivity index (χ3v) is 3.26. The Labute approximate surface area is 105 Å². The fourth-order valence-corrected chi connectivity index (χ4v) is 2.19. The number of aliphatic hydroxyl groups excluding tert-OH is 1. The molecule has 0 saturated heterocycles. The molecule has 1 N–H and O–H groups in total. The summed E-state index contributed by atoms with van der Waals surface area (Å²) in [6.45, 7) is 2.08. The number of rotatable bonds is 2. The van der Waals surface area contributed by atoms with Gasteiger partial charge in [-0.2, -0.15) is 0 Å². The average molecular weight is 239 g/mol. The first-order valence-electron chi connectivity index (χ1n) is 5.82. The van der Waals surface area contributed by atoms with Crippen LogP contribution >= 0.6 is 0 Å². The molecule has 0 atom stereocenters. The zero-order valence-corrected chi connectivity index (χ0v) is 10.1. The molecular weight excluding hydrogens is 226 g/mol. The van der Waals surface area contributed by atoms with Crippen molar-refractivity contribution in [3.8, 4) is 11.1 Å². The fraction of sp³-hybridized carbons (Fsp3) is 0.133. The molecule has 0 bridgehead atoms. The van der Waals surface area contributed by atoms with E-state index in [1.54, 1.807) is 0 Å². The number of hydrogen-bond donors (Lipinski definition) is 1. The minimum atomic E-state index is 0.0614. The van der Waals surface area contributed by atoms with E-state index >= 15 is 0 Å². The highest BCUT2D eigenvalue weighted by Crippen LogP contribution is 2.28. The van der Waals surface area contributed by atoms with Crippen LogP contribution in [0.3, 0.4) is 0 Å². The van der Waals surface area contributed by atoms with Gasteiger partial charge in [0.15, 0.2) is 12.0 Å². The first kappa shape index (κ1) is 11.0. The Balaban J connectivity index is 2.19. The lowest BCUT2D eigenvalue weighted by Crippen LogP contribution is -1.91.